The fourth-order valence-electron chi connectivity index (χ4n) is 9.99. The highest BCUT2D eigenvalue weighted by Crippen LogP contribution is 2.45. The van der Waals surface area contributed by atoms with Gasteiger partial charge in [-0.15, -0.1) is 0 Å². The average Bonchev–Trinajstić information content (AvgIpc) is 3.84. The van der Waals surface area contributed by atoms with Crippen LogP contribution in [0.5, 0.6) is 0 Å². The maximum absolute atomic E-state index is 14.1. The second-order valence-electron chi connectivity index (χ2n) is 18.5. The second kappa shape index (κ2) is 23.4. The molecular weight excluding hydrogens is 861 g/mol. The molecule has 0 radical (unpaired) electrons. The molecule has 0 spiro atoms. The molecule has 67 heavy (non-hydrogen) atoms. The van der Waals surface area contributed by atoms with E-state index in [-0.39, 0.29) is 45.2 Å². The van der Waals surface area contributed by atoms with Crippen molar-refractivity contribution in [3.8, 4) is 11.1 Å². The van der Waals surface area contributed by atoms with E-state index in [1.54, 1.807) is 0 Å². The number of hydrogen-bond donors (Lipinski definition) is 2. The van der Waals surface area contributed by atoms with Crippen molar-refractivity contribution in [3.63, 3.8) is 0 Å². The van der Waals surface area contributed by atoms with Gasteiger partial charge >= 0.3 is 12.1 Å². The van der Waals surface area contributed by atoms with Crippen LogP contribution in [0.3, 0.4) is 0 Å². The lowest BCUT2D eigenvalue weighted by molar-refractivity contribution is -0.147. The Balaban J connectivity index is 1.07. The van der Waals surface area contributed by atoms with Crippen molar-refractivity contribution in [2.75, 3.05) is 13.2 Å². The van der Waals surface area contributed by atoms with Crippen molar-refractivity contribution < 1.29 is 42.5 Å². The number of esters is 1. The maximum Gasteiger partial charge on any atom is 0.407 e. The lowest BCUT2D eigenvalue weighted by Crippen LogP contribution is -2.50. The smallest absolute Gasteiger partial charge is 0.407 e. The first kappa shape index (κ1) is 49.3. The third kappa shape index (κ3) is 12.3. The summed E-state index contributed by atoms with van der Waals surface area (Å²) in [6, 6.07) is 44.0. The van der Waals surface area contributed by atoms with Crippen molar-refractivity contribution in [3.05, 3.63) is 167 Å². The number of benzene rings is 5. The third-order valence-corrected chi connectivity index (χ3v) is 19.3. The maximum atomic E-state index is 14.1. The Bertz CT molecular complexity index is 2300. The fourth-order valence-corrected chi connectivity index (χ4v) is 15.4. The van der Waals surface area contributed by atoms with E-state index in [9.17, 15) is 14.4 Å². The number of carbonyl (C=O) groups excluding carboxylic acids is 3. The fraction of sp³-hybridized carbons (Fsp3) is 0.400. The van der Waals surface area contributed by atoms with Crippen molar-refractivity contribution in [1.29, 1.82) is 0 Å². The molecule has 1 fully saturated rings. The summed E-state index contributed by atoms with van der Waals surface area (Å²) in [4.78, 5) is 41.4. The first-order chi connectivity index (χ1) is 32.4. The Kier molecular flexibility index (Phi) is 17.2. The molecule has 1 aliphatic carbocycles. The number of alkyl carbamates (subject to hydrolysis) is 1. The Hall–Kier alpha value is -5.63. The Morgan fingerprint density at radius 3 is 1.58 bits per heavy atom. The Morgan fingerprint density at radius 1 is 0.582 bits per heavy atom. The zero-order valence-electron chi connectivity index (χ0n) is 39.6. The van der Waals surface area contributed by atoms with Crippen LogP contribution in [0.4, 0.5) is 4.79 Å². The lowest BCUT2D eigenvalue weighted by atomic mass is 9.98. The van der Waals surface area contributed by atoms with E-state index in [1.165, 1.54) is 0 Å². The molecule has 0 bridgehead atoms. The Labute approximate surface area is 397 Å². The van der Waals surface area contributed by atoms with Gasteiger partial charge in [0.2, 0.25) is 5.91 Å². The first-order valence-electron chi connectivity index (χ1n) is 23.7. The standard InChI is InChI=1S/C55H66N2O9Si/c1-37(2)67(38(3)4,39(5)6)65-36-49-51(61-32-40-20-10-7-11-21-40)52(62-33-41-22-12-8-13-23-41)53(66-49)57-50(58)31-30-48(54(59)63-34-42-24-14-9-15-25-42)56-55(60)64-35-47-45-28-18-16-26-43(45)44-27-17-19-29-46(44)47/h7-29,37-39,47-49,51-53H,30-36H2,1-6H3,(H,56,60)(H,57,58)/t48-,49+,51+,52+,53-/m0/s1. The first-order valence-corrected chi connectivity index (χ1v) is 25.8. The van der Waals surface area contributed by atoms with E-state index < -0.39 is 56.9 Å². The molecule has 354 valence electrons. The quantitative estimate of drug-likeness (QED) is 0.0515. The highest BCUT2D eigenvalue weighted by Gasteiger charge is 2.51. The molecule has 7 rings (SSSR count). The van der Waals surface area contributed by atoms with Gasteiger partial charge in [-0.05, 0) is 62.0 Å². The van der Waals surface area contributed by atoms with Crippen LogP contribution < -0.4 is 10.6 Å². The third-order valence-electron chi connectivity index (χ3n) is 13.2. The molecular formula is C55H66N2O9Si. The summed E-state index contributed by atoms with van der Waals surface area (Å²) < 4.78 is 38.7. The van der Waals surface area contributed by atoms with Gasteiger partial charge in [0.25, 0.3) is 0 Å². The van der Waals surface area contributed by atoms with Gasteiger partial charge in [0, 0.05) is 12.3 Å². The van der Waals surface area contributed by atoms with Gasteiger partial charge in [-0.25, -0.2) is 9.59 Å². The monoisotopic (exact) mass is 926 g/mol. The molecule has 5 aromatic carbocycles. The minimum absolute atomic E-state index is 0.00646. The van der Waals surface area contributed by atoms with Gasteiger partial charge in [0.1, 0.15) is 37.6 Å². The summed E-state index contributed by atoms with van der Waals surface area (Å²) in [6.07, 6.45) is -3.84. The highest BCUT2D eigenvalue weighted by molar-refractivity contribution is 6.77. The van der Waals surface area contributed by atoms with E-state index in [1.807, 2.05) is 127 Å². The van der Waals surface area contributed by atoms with Crippen molar-refractivity contribution >= 4 is 26.3 Å². The van der Waals surface area contributed by atoms with E-state index in [0.717, 1.165) is 38.9 Å². The SMILES string of the molecule is CC(C)[Si](OC[C@H]1O[C@H](NC(=O)CC[C@H](NC(=O)OCC2c3ccccc3-c3ccccc32)C(=O)OCc2ccccc2)[C@H](OCc2ccccc2)[C@@H]1OCc1ccccc1)(C(C)C)C(C)C. The number of ether oxygens (including phenoxy) is 5. The highest BCUT2D eigenvalue weighted by atomic mass is 28.4. The van der Waals surface area contributed by atoms with E-state index in [0.29, 0.717) is 23.2 Å². The van der Waals surface area contributed by atoms with Gasteiger partial charge in [0.05, 0.1) is 19.8 Å². The number of amides is 2. The molecule has 1 saturated heterocycles. The van der Waals surface area contributed by atoms with Crippen LogP contribution in [0.1, 0.15) is 88.1 Å². The minimum Gasteiger partial charge on any atom is -0.459 e. The van der Waals surface area contributed by atoms with E-state index in [4.69, 9.17) is 28.1 Å². The Morgan fingerprint density at radius 2 is 1.06 bits per heavy atom. The van der Waals surface area contributed by atoms with Crippen LogP contribution in [0.15, 0.2) is 140 Å². The molecule has 1 heterocycles. The number of fused-ring (bicyclic) bond motifs is 3. The van der Waals surface area contributed by atoms with Crippen LogP contribution in [0.2, 0.25) is 16.6 Å². The van der Waals surface area contributed by atoms with Crippen LogP contribution in [0, 0.1) is 0 Å². The van der Waals surface area contributed by atoms with Crippen molar-refractivity contribution in [2.24, 2.45) is 0 Å². The topological polar surface area (TPSA) is 131 Å². The predicted octanol–water partition coefficient (Wildman–Crippen LogP) is 10.6. The molecule has 5 aromatic rings. The molecule has 2 N–H and O–H groups in total. The number of nitrogens with one attached hydrogen (secondary N) is 2. The molecule has 0 saturated carbocycles. The molecule has 5 atom stereocenters. The summed E-state index contributed by atoms with van der Waals surface area (Å²) in [5.41, 5.74) is 8.08. The molecule has 12 heteroatoms. The van der Waals surface area contributed by atoms with E-state index >= 15 is 0 Å². The zero-order valence-corrected chi connectivity index (χ0v) is 40.6. The van der Waals surface area contributed by atoms with Gasteiger partial charge in [-0.1, -0.05) is 181 Å². The van der Waals surface area contributed by atoms with Gasteiger partial charge < -0.3 is 38.7 Å². The molecule has 2 aliphatic rings. The number of rotatable bonds is 22. The number of hydrogen-bond acceptors (Lipinski definition) is 9. The van der Waals surface area contributed by atoms with Crippen LogP contribution in [-0.4, -0.2) is 70.1 Å². The average molecular weight is 927 g/mol. The lowest BCUT2D eigenvalue weighted by Gasteiger charge is -2.43. The van der Waals surface area contributed by atoms with Crippen LogP contribution in [-0.2, 0) is 57.5 Å². The molecule has 0 aromatic heterocycles. The van der Waals surface area contributed by atoms with Crippen LogP contribution >= 0.6 is 0 Å². The normalized spacial score (nSPS) is 18.4. The van der Waals surface area contributed by atoms with Gasteiger partial charge in [-0.2, -0.15) is 0 Å². The minimum atomic E-state index is -2.33. The van der Waals surface area contributed by atoms with Crippen molar-refractivity contribution in [2.45, 2.75) is 127 Å². The summed E-state index contributed by atoms with van der Waals surface area (Å²) in [5, 5.41) is 5.79. The van der Waals surface area contributed by atoms with Gasteiger partial charge in [-0.3, -0.25) is 4.79 Å². The number of carbonyl (C=O) groups is 3. The van der Waals surface area contributed by atoms with Crippen LogP contribution in [0.25, 0.3) is 11.1 Å². The summed E-state index contributed by atoms with van der Waals surface area (Å²) in [6.45, 7) is 14.3. The predicted molar refractivity (Wildman–Crippen MR) is 261 cm³/mol. The van der Waals surface area contributed by atoms with E-state index in [2.05, 4.69) is 64.3 Å². The molecule has 11 nitrogen and oxygen atoms in total. The van der Waals surface area contributed by atoms with Crippen molar-refractivity contribution in [1.82, 2.24) is 10.6 Å². The zero-order chi connectivity index (χ0) is 47.3. The molecule has 0 unspecified atom stereocenters. The summed E-state index contributed by atoms with van der Waals surface area (Å²) >= 11 is 0. The second-order valence-corrected chi connectivity index (χ2v) is 23.9. The largest absolute Gasteiger partial charge is 0.459 e. The summed E-state index contributed by atoms with van der Waals surface area (Å²) in [7, 11) is -2.33. The van der Waals surface area contributed by atoms with Gasteiger partial charge in [0.15, 0.2) is 14.5 Å². The summed E-state index contributed by atoms with van der Waals surface area (Å²) in [5.74, 6) is -1.27. The molecule has 2 amide bonds. The molecule has 1 aliphatic heterocycles.